The minimum Gasteiger partial charge on any atom is -0.368 e. The van der Waals surface area contributed by atoms with Gasteiger partial charge in [0.15, 0.2) is 5.65 Å². The van der Waals surface area contributed by atoms with E-state index in [2.05, 4.69) is 27.1 Å². The summed E-state index contributed by atoms with van der Waals surface area (Å²) in [6, 6.07) is 9.93. The van der Waals surface area contributed by atoms with Crippen molar-refractivity contribution >= 4 is 11.6 Å². The van der Waals surface area contributed by atoms with Gasteiger partial charge in [0.05, 0.1) is 12.2 Å². The van der Waals surface area contributed by atoms with Gasteiger partial charge in [0, 0.05) is 30.0 Å². The average Bonchev–Trinajstić information content (AvgIpc) is 2.97. The Morgan fingerprint density at radius 1 is 1.28 bits per heavy atom. The molecule has 0 unspecified atom stereocenters. The summed E-state index contributed by atoms with van der Waals surface area (Å²) in [5.41, 5.74) is 12.0. The van der Waals surface area contributed by atoms with E-state index in [1.165, 1.54) is 11.1 Å². The molecule has 0 radical (unpaired) electrons. The molecule has 1 aliphatic rings. The highest BCUT2D eigenvalue weighted by atomic mass is 16.1. The number of nitrogens with zero attached hydrogens (tertiary/aromatic N) is 4. The molecule has 1 amide bonds. The van der Waals surface area contributed by atoms with Gasteiger partial charge in [0.1, 0.15) is 0 Å². The van der Waals surface area contributed by atoms with Gasteiger partial charge in [-0.15, -0.1) is 0 Å². The van der Waals surface area contributed by atoms with Crippen LogP contribution in [0.25, 0.3) is 5.65 Å². The molecule has 3 aromatic rings. The Labute approximate surface area is 146 Å². The first kappa shape index (κ1) is 15.8. The van der Waals surface area contributed by atoms with Crippen LogP contribution in [0.2, 0.25) is 0 Å². The highest BCUT2D eigenvalue weighted by Gasteiger charge is 2.30. The van der Waals surface area contributed by atoms with Crippen molar-refractivity contribution in [3.05, 3.63) is 64.6 Å². The lowest BCUT2D eigenvalue weighted by Gasteiger charge is -2.34. The standard InChI is InChI=1S/C19H21N5O/c1-12-7-13(2)24-19(22-12)16(9-21-24)11-23-10-15-6-4-3-5-14(15)8-17(23)18(20)25/h3-7,9,17H,8,10-11H2,1-2H3,(H2,20,25)/t17-/m1/s1. The average molecular weight is 335 g/mol. The van der Waals surface area contributed by atoms with E-state index in [0.717, 1.165) is 22.6 Å². The third-order valence-electron chi connectivity index (χ3n) is 4.90. The summed E-state index contributed by atoms with van der Waals surface area (Å²) in [6.07, 6.45) is 2.49. The minimum absolute atomic E-state index is 0.286. The number of fused-ring (bicyclic) bond motifs is 2. The normalized spacial score (nSPS) is 17.6. The van der Waals surface area contributed by atoms with Gasteiger partial charge in [0.2, 0.25) is 5.91 Å². The van der Waals surface area contributed by atoms with E-state index in [1.807, 2.05) is 42.8 Å². The van der Waals surface area contributed by atoms with Gasteiger partial charge in [-0.1, -0.05) is 24.3 Å². The lowest BCUT2D eigenvalue weighted by molar-refractivity contribution is -0.124. The summed E-state index contributed by atoms with van der Waals surface area (Å²) in [4.78, 5) is 18.8. The zero-order valence-corrected chi connectivity index (χ0v) is 14.4. The van der Waals surface area contributed by atoms with E-state index >= 15 is 0 Å². The van der Waals surface area contributed by atoms with E-state index in [0.29, 0.717) is 19.5 Å². The molecule has 2 N–H and O–H groups in total. The molecule has 0 bridgehead atoms. The van der Waals surface area contributed by atoms with E-state index in [9.17, 15) is 4.79 Å². The predicted octanol–water partition coefficient (Wildman–Crippen LogP) is 1.76. The highest BCUT2D eigenvalue weighted by Crippen LogP contribution is 2.26. The quantitative estimate of drug-likeness (QED) is 0.791. The molecule has 3 heterocycles. The van der Waals surface area contributed by atoms with Gasteiger partial charge in [-0.2, -0.15) is 5.10 Å². The second kappa shape index (κ2) is 5.97. The molecule has 25 heavy (non-hydrogen) atoms. The molecule has 1 atom stereocenters. The maximum Gasteiger partial charge on any atom is 0.235 e. The van der Waals surface area contributed by atoms with Crippen LogP contribution < -0.4 is 5.73 Å². The van der Waals surface area contributed by atoms with Crippen molar-refractivity contribution < 1.29 is 4.79 Å². The molecule has 0 fully saturated rings. The van der Waals surface area contributed by atoms with Crippen molar-refractivity contribution in [3.63, 3.8) is 0 Å². The van der Waals surface area contributed by atoms with Gasteiger partial charge < -0.3 is 5.73 Å². The fraction of sp³-hybridized carbons (Fsp3) is 0.316. The Kier molecular flexibility index (Phi) is 3.77. The number of nitrogens with two attached hydrogens (primary N) is 1. The lowest BCUT2D eigenvalue weighted by atomic mass is 9.93. The molecule has 0 spiro atoms. The lowest BCUT2D eigenvalue weighted by Crippen LogP contribution is -2.48. The number of primary amides is 1. The summed E-state index contributed by atoms with van der Waals surface area (Å²) < 4.78 is 1.85. The van der Waals surface area contributed by atoms with Crippen LogP contribution >= 0.6 is 0 Å². The third kappa shape index (κ3) is 2.78. The zero-order chi connectivity index (χ0) is 17.6. The highest BCUT2D eigenvalue weighted by molar-refractivity contribution is 5.80. The first-order valence-electron chi connectivity index (χ1n) is 8.44. The number of hydrogen-bond acceptors (Lipinski definition) is 4. The SMILES string of the molecule is Cc1cc(C)n2ncc(CN3Cc4ccccc4C[C@@H]3C(N)=O)c2n1. The van der Waals surface area contributed by atoms with Crippen molar-refractivity contribution in [3.8, 4) is 0 Å². The molecule has 128 valence electrons. The summed E-state index contributed by atoms with van der Waals surface area (Å²) in [5.74, 6) is -0.286. The first-order chi connectivity index (χ1) is 12.0. The molecule has 1 aliphatic heterocycles. The molecule has 2 aromatic heterocycles. The molecule has 6 heteroatoms. The monoisotopic (exact) mass is 335 g/mol. The van der Waals surface area contributed by atoms with Crippen LogP contribution in [0.1, 0.15) is 28.1 Å². The van der Waals surface area contributed by atoms with Gasteiger partial charge in [-0.3, -0.25) is 9.69 Å². The Bertz CT molecular complexity index is 962. The smallest absolute Gasteiger partial charge is 0.235 e. The summed E-state index contributed by atoms with van der Waals surface area (Å²) in [5, 5.41) is 4.45. The number of aryl methyl sites for hydroxylation is 2. The maximum absolute atomic E-state index is 12.0. The summed E-state index contributed by atoms with van der Waals surface area (Å²) in [6.45, 7) is 5.29. The largest absolute Gasteiger partial charge is 0.368 e. The topological polar surface area (TPSA) is 76.5 Å². The van der Waals surface area contributed by atoms with E-state index in [4.69, 9.17) is 5.73 Å². The Morgan fingerprint density at radius 2 is 2.04 bits per heavy atom. The molecule has 0 aliphatic carbocycles. The molecule has 6 nitrogen and oxygen atoms in total. The molecule has 0 saturated heterocycles. The number of carbonyl (C=O) groups is 1. The number of aromatic nitrogens is 3. The van der Waals surface area contributed by atoms with Crippen molar-refractivity contribution in [2.24, 2.45) is 5.73 Å². The van der Waals surface area contributed by atoms with Crippen LogP contribution in [0, 0.1) is 13.8 Å². The Balaban J connectivity index is 1.71. The summed E-state index contributed by atoms with van der Waals surface area (Å²) >= 11 is 0. The third-order valence-corrected chi connectivity index (χ3v) is 4.90. The van der Waals surface area contributed by atoms with E-state index in [-0.39, 0.29) is 11.9 Å². The van der Waals surface area contributed by atoms with Crippen LogP contribution in [0.5, 0.6) is 0 Å². The van der Waals surface area contributed by atoms with Crippen LogP contribution in [0.4, 0.5) is 0 Å². The van der Waals surface area contributed by atoms with Crippen molar-refractivity contribution in [1.29, 1.82) is 0 Å². The second-order valence-corrected chi connectivity index (χ2v) is 6.74. The van der Waals surface area contributed by atoms with Crippen LogP contribution in [-0.4, -0.2) is 31.4 Å². The molecular formula is C19H21N5O. The van der Waals surface area contributed by atoms with Gasteiger partial charge in [-0.25, -0.2) is 9.50 Å². The molecule has 1 aromatic carbocycles. The Hall–Kier alpha value is -2.73. The van der Waals surface area contributed by atoms with Crippen molar-refractivity contribution in [2.75, 3.05) is 0 Å². The fourth-order valence-electron chi connectivity index (χ4n) is 3.67. The van der Waals surface area contributed by atoms with E-state index < -0.39 is 0 Å². The summed E-state index contributed by atoms with van der Waals surface area (Å²) in [7, 11) is 0. The first-order valence-corrected chi connectivity index (χ1v) is 8.44. The molecule has 0 saturated carbocycles. The second-order valence-electron chi connectivity index (χ2n) is 6.74. The fourth-order valence-corrected chi connectivity index (χ4v) is 3.67. The zero-order valence-electron chi connectivity index (χ0n) is 14.4. The number of hydrogen-bond donors (Lipinski definition) is 1. The Morgan fingerprint density at radius 3 is 2.80 bits per heavy atom. The van der Waals surface area contributed by atoms with Gasteiger partial charge in [0.25, 0.3) is 0 Å². The molecule has 4 rings (SSSR count). The van der Waals surface area contributed by atoms with Crippen LogP contribution in [0.3, 0.4) is 0 Å². The predicted molar refractivity (Wildman–Crippen MR) is 94.8 cm³/mol. The van der Waals surface area contributed by atoms with Crippen molar-refractivity contribution in [2.45, 2.75) is 39.4 Å². The molecular weight excluding hydrogens is 314 g/mol. The van der Waals surface area contributed by atoms with Gasteiger partial charge >= 0.3 is 0 Å². The number of carbonyl (C=O) groups excluding carboxylic acids is 1. The number of benzene rings is 1. The van der Waals surface area contributed by atoms with Crippen LogP contribution in [-0.2, 0) is 24.3 Å². The van der Waals surface area contributed by atoms with Crippen molar-refractivity contribution in [1.82, 2.24) is 19.5 Å². The van der Waals surface area contributed by atoms with Crippen LogP contribution in [0.15, 0.2) is 36.5 Å². The maximum atomic E-state index is 12.0. The van der Waals surface area contributed by atoms with Gasteiger partial charge in [-0.05, 0) is 37.5 Å². The minimum atomic E-state index is -0.309. The van der Waals surface area contributed by atoms with E-state index in [1.54, 1.807) is 0 Å². The number of rotatable bonds is 3. The number of amides is 1.